The number of hydrogen-bond acceptors (Lipinski definition) is 6. The summed E-state index contributed by atoms with van der Waals surface area (Å²) in [5, 5.41) is 20.6. The first kappa shape index (κ1) is 18.3. The largest absolute Gasteiger partial charge is 0.383 e. The van der Waals surface area contributed by atoms with E-state index in [1.54, 1.807) is 35.1 Å². The van der Waals surface area contributed by atoms with E-state index in [2.05, 4.69) is 22.1 Å². The summed E-state index contributed by atoms with van der Waals surface area (Å²) in [6, 6.07) is 1.92. The first-order chi connectivity index (χ1) is 13.0. The smallest absolute Gasteiger partial charge is 0.254 e. The summed E-state index contributed by atoms with van der Waals surface area (Å²) in [5.74, 6) is 0.0326. The van der Waals surface area contributed by atoms with Crippen molar-refractivity contribution in [2.45, 2.75) is 44.8 Å². The van der Waals surface area contributed by atoms with Gasteiger partial charge in [-0.15, -0.1) is 22.7 Å². The fraction of sp³-hybridized carbons (Fsp3) is 0.421. The Hall–Kier alpha value is -2.03. The highest BCUT2D eigenvalue weighted by atomic mass is 32.1. The third kappa shape index (κ3) is 3.44. The summed E-state index contributed by atoms with van der Waals surface area (Å²) in [6.07, 6.45) is 7.23. The number of carbonyl (C=O) groups excluding carboxylic acids is 1. The first-order valence-electron chi connectivity index (χ1n) is 9.04. The maximum atomic E-state index is 13.1. The Kier molecular flexibility index (Phi) is 4.88. The number of rotatable bonds is 4. The van der Waals surface area contributed by atoms with Crippen molar-refractivity contribution in [1.82, 2.24) is 20.1 Å². The SMILES string of the molecule is CCC1CC(O)(c2ncc(C)s2)CCN1C(=O)c1csc(-c2cn[nH]c2)c1. The average molecular weight is 403 g/mol. The van der Waals surface area contributed by atoms with E-state index in [0.29, 0.717) is 24.9 Å². The van der Waals surface area contributed by atoms with Gasteiger partial charge in [-0.2, -0.15) is 5.10 Å². The Labute approximate surface area is 165 Å². The molecule has 4 heterocycles. The summed E-state index contributed by atoms with van der Waals surface area (Å²) >= 11 is 3.08. The highest BCUT2D eigenvalue weighted by Crippen LogP contribution is 2.39. The minimum absolute atomic E-state index is 0.00210. The van der Waals surface area contributed by atoms with Crippen LogP contribution in [0.15, 0.2) is 30.0 Å². The lowest BCUT2D eigenvalue weighted by molar-refractivity contribution is -0.0445. The molecule has 27 heavy (non-hydrogen) atoms. The quantitative estimate of drug-likeness (QED) is 0.695. The van der Waals surface area contributed by atoms with Gasteiger partial charge in [-0.1, -0.05) is 6.92 Å². The van der Waals surface area contributed by atoms with Crippen LogP contribution in [-0.4, -0.2) is 43.7 Å². The van der Waals surface area contributed by atoms with E-state index in [1.807, 2.05) is 29.5 Å². The van der Waals surface area contributed by atoms with Crippen LogP contribution in [0, 0.1) is 6.92 Å². The molecule has 1 aliphatic heterocycles. The Morgan fingerprint density at radius 2 is 2.33 bits per heavy atom. The third-order valence-corrected chi connectivity index (χ3v) is 7.25. The molecule has 6 nitrogen and oxygen atoms in total. The molecule has 2 N–H and O–H groups in total. The summed E-state index contributed by atoms with van der Waals surface area (Å²) in [7, 11) is 0. The monoisotopic (exact) mass is 402 g/mol. The minimum atomic E-state index is -0.938. The molecule has 3 aromatic heterocycles. The Morgan fingerprint density at radius 3 is 3.00 bits per heavy atom. The molecule has 142 valence electrons. The Balaban J connectivity index is 1.53. The van der Waals surface area contributed by atoms with Gasteiger partial charge < -0.3 is 10.0 Å². The van der Waals surface area contributed by atoms with Gasteiger partial charge in [0.1, 0.15) is 10.6 Å². The van der Waals surface area contributed by atoms with E-state index in [-0.39, 0.29) is 11.9 Å². The van der Waals surface area contributed by atoms with Crippen LogP contribution in [0.3, 0.4) is 0 Å². The zero-order valence-electron chi connectivity index (χ0n) is 15.3. The fourth-order valence-electron chi connectivity index (χ4n) is 3.64. The second-order valence-corrected chi connectivity index (χ2v) is 9.16. The third-order valence-electron chi connectivity index (χ3n) is 5.16. The van der Waals surface area contributed by atoms with Gasteiger partial charge in [-0.05, 0) is 19.4 Å². The van der Waals surface area contributed by atoms with Crippen LogP contribution in [0.25, 0.3) is 10.4 Å². The number of nitrogens with zero attached hydrogens (tertiary/aromatic N) is 3. The van der Waals surface area contributed by atoms with Crippen LogP contribution in [0.5, 0.6) is 0 Å². The van der Waals surface area contributed by atoms with Gasteiger partial charge in [0, 0.05) is 58.5 Å². The van der Waals surface area contributed by atoms with E-state index >= 15 is 0 Å². The average Bonchev–Trinajstić information content (AvgIpc) is 3.41. The normalized spacial score (nSPS) is 22.9. The van der Waals surface area contributed by atoms with Gasteiger partial charge in [-0.25, -0.2) is 4.98 Å². The lowest BCUT2D eigenvalue weighted by Crippen LogP contribution is -2.51. The number of amides is 1. The first-order valence-corrected chi connectivity index (χ1v) is 10.7. The molecule has 1 aliphatic rings. The number of carbonyl (C=O) groups is 1. The van der Waals surface area contributed by atoms with Gasteiger partial charge in [0.25, 0.3) is 5.91 Å². The number of aryl methyl sites for hydroxylation is 1. The van der Waals surface area contributed by atoms with E-state index in [9.17, 15) is 9.90 Å². The molecule has 2 unspecified atom stereocenters. The Bertz CT molecular complexity index is 933. The van der Waals surface area contributed by atoms with E-state index < -0.39 is 5.60 Å². The predicted molar refractivity (Wildman–Crippen MR) is 107 cm³/mol. The van der Waals surface area contributed by atoms with Gasteiger partial charge in [0.15, 0.2) is 0 Å². The molecule has 3 aromatic rings. The predicted octanol–water partition coefficient (Wildman–Crippen LogP) is 3.81. The number of aromatic amines is 1. The number of likely N-dealkylation sites (tertiary alicyclic amines) is 1. The number of nitrogens with one attached hydrogen (secondary N) is 1. The van der Waals surface area contributed by atoms with Gasteiger partial charge in [-0.3, -0.25) is 9.89 Å². The van der Waals surface area contributed by atoms with Crippen molar-refractivity contribution in [2.75, 3.05) is 6.54 Å². The van der Waals surface area contributed by atoms with Crippen molar-refractivity contribution < 1.29 is 9.90 Å². The number of thiophene rings is 1. The van der Waals surface area contributed by atoms with Crippen LogP contribution in [0.2, 0.25) is 0 Å². The topological polar surface area (TPSA) is 82.1 Å². The lowest BCUT2D eigenvalue weighted by atomic mass is 9.85. The van der Waals surface area contributed by atoms with Crippen molar-refractivity contribution in [3.05, 3.63) is 45.5 Å². The molecule has 4 rings (SSSR count). The molecule has 1 amide bonds. The number of piperidine rings is 1. The summed E-state index contributed by atoms with van der Waals surface area (Å²) in [4.78, 5) is 21.5. The zero-order valence-corrected chi connectivity index (χ0v) is 16.9. The van der Waals surface area contributed by atoms with Crippen LogP contribution in [0.4, 0.5) is 0 Å². The number of thiazole rings is 1. The number of H-pyrrole nitrogens is 1. The van der Waals surface area contributed by atoms with Crippen molar-refractivity contribution in [1.29, 1.82) is 0 Å². The molecular weight excluding hydrogens is 380 g/mol. The molecular formula is C19H22N4O2S2. The number of hydrogen-bond donors (Lipinski definition) is 2. The van der Waals surface area contributed by atoms with Gasteiger partial charge >= 0.3 is 0 Å². The maximum absolute atomic E-state index is 13.1. The molecule has 2 atom stereocenters. The molecule has 0 radical (unpaired) electrons. The molecule has 1 fully saturated rings. The summed E-state index contributed by atoms with van der Waals surface area (Å²) < 4.78 is 0. The van der Waals surface area contributed by atoms with Crippen LogP contribution >= 0.6 is 22.7 Å². The molecule has 0 aliphatic carbocycles. The van der Waals surface area contributed by atoms with Crippen molar-refractivity contribution in [3.63, 3.8) is 0 Å². The van der Waals surface area contributed by atoms with Crippen LogP contribution in [-0.2, 0) is 5.60 Å². The molecule has 0 saturated carbocycles. The molecule has 0 spiro atoms. The zero-order chi connectivity index (χ0) is 19.0. The molecule has 1 saturated heterocycles. The summed E-state index contributed by atoms with van der Waals surface area (Å²) in [5.41, 5.74) is 0.746. The van der Waals surface area contributed by atoms with E-state index in [4.69, 9.17) is 0 Å². The van der Waals surface area contributed by atoms with Crippen LogP contribution in [0.1, 0.15) is 46.4 Å². The number of aromatic nitrogens is 3. The highest BCUT2D eigenvalue weighted by molar-refractivity contribution is 7.13. The van der Waals surface area contributed by atoms with Crippen molar-refractivity contribution in [2.24, 2.45) is 0 Å². The standard InChI is InChI=1S/C19H22N4O2S2/c1-3-15-7-19(25,18-20-8-12(2)27-18)4-5-23(15)17(24)13-6-16(26-11-13)14-9-21-22-10-14/h6,8-11,15,25H,3-5,7H2,1-2H3,(H,21,22). The highest BCUT2D eigenvalue weighted by Gasteiger charge is 2.42. The molecule has 0 aromatic carbocycles. The van der Waals surface area contributed by atoms with Gasteiger partial charge in [0.05, 0.1) is 11.8 Å². The van der Waals surface area contributed by atoms with Crippen molar-refractivity contribution >= 4 is 28.6 Å². The van der Waals surface area contributed by atoms with Gasteiger partial charge in [0.2, 0.25) is 0 Å². The van der Waals surface area contributed by atoms with E-state index in [1.165, 1.54) is 0 Å². The van der Waals surface area contributed by atoms with E-state index in [0.717, 1.165) is 26.7 Å². The molecule has 0 bridgehead atoms. The second kappa shape index (κ2) is 7.18. The summed E-state index contributed by atoms with van der Waals surface area (Å²) in [6.45, 7) is 4.59. The van der Waals surface area contributed by atoms with Crippen LogP contribution < -0.4 is 0 Å². The second-order valence-electron chi connectivity index (χ2n) is 7.01. The fourth-order valence-corrected chi connectivity index (χ4v) is 5.39. The lowest BCUT2D eigenvalue weighted by Gasteiger charge is -2.43. The number of aliphatic hydroxyl groups is 1. The Morgan fingerprint density at radius 1 is 1.48 bits per heavy atom. The maximum Gasteiger partial charge on any atom is 0.254 e. The minimum Gasteiger partial charge on any atom is -0.383 e. The van der Waals surface area contributed by atoms with Crippen molar-refractivity contribution in [3.8, 4) is 10.4 Å². The molecule has 8 heteroatoms.